The molecule has 4 aliphatic heterocycles. The first-order valence-electron chi connectivity index (χ1n) is 19.0. The monoisotopic (exact) mass is 775 g/mol. The Balaban J connectivity index is 1.35. The Labute approximate surface area is 331 Å². The van der Waals surface area contributed by atoms with Crippen molar-refractivity contribution in [1.82, 2.24) is 9.80 Å². The van der Waals surface area contributed by atoms with Crippen LogP contribution in [0.4, 0.5) is 5.69 Å². The fourth-order valence-electron chi connectivity index (χ4n) is 8.26. The Bertz CT molecular complexity index is 2280. The van der Waals surface area contributed by atoms with E-state index in [2.05, 4.69) is 58.9 Å². The molecule has 0 aliphatic carbocycles. The molecule has 5 aromatic carbocycles. The third-order valence-corrected chi connectivity index (χ3v) is 12.5. The summed E-state index contributed by atoms with van der Waals surface area (Å²) in [7, 11) is 9.37. The van der Waals surface area contributed by atoms with E-state index < -0.39 is 11.0 Å². The predicted molar refractivity (Wildman–Crippen MR) is 219 cm³/mol. The molecule has 4 aliphatic rings. The molecule has 1 N–H and O–H groups in total. The van der Waals surface area contributed by atoms with Crippen molar-refractivity contribution in [3.8, 4) is 46.0 Å². The number of nitrogens with one attached hydrogen (secondary N) is 1. The van der Waals surface area contributed by atoms with Gasteiger partial charge in [0.1, 0.15) is 16.7 Å². The summed E-state index contributed by atoms with van der Waals surface area (Å²) >= 11 is 0. The zero-order valence-corrected chi connectivity index (χ0v) is 33.9. The molecule has 0 saturated heterocycles. The summed E-state index contributed by atoms with van der Waals surface area (Å²) in [5.41, 5.74) is 8.39. The van der Waals surface area contributed by atoms with Crippen LogP contribution in [-0.2, 0) is 36.7 Å². The van der Waals surface area contributed by atoms with E-state index in [1.54, 1.807) is 28.4 Å². The van der Waals surface area contributed by atoms with Crippen molar-refractivity contribution in [3.63, 3.8) is 0 Å². The van der Waals surface area contributed by atoms with Gasteiger partial charge >= 0.3 is 0 Å². The predicted octanol–water partition coefficient (Wildman–Crippen LogP) is 8.61. The van der Waals surface area contributed by atoms with Crippen LogP contribution in [0, 0.1) is 6.92 Å². The van der Waals surface area contributed by atoms with Gasteiger partial charge in [-0.05, 0) is 123 Å². The van der Waals surface area contributed by atoms with Gasteiger partial charge in [0, 0.05) is 36.8 Å². The van der Waals surface area contributed by atoms with Crippen molar-refractivity contribution in [3.05, 3.63) is 118 Å². The van der Waals surface area contributed by atoms with Crippen LogP contribution >= 0.6 is 0 Å². The number of fused-ring (bicyclic) bond motifs is 2. The second-order valence-electron chi connectivity index (χ2n) is 14.8. The van der Waals surface area contributed by atoms with Crippen LogP contribution in [0.5, 0.6) is 46.0 Å². The first-order chi connectivity index (χ1) is 27.2. The molecule has 11 heteroatoms. The molecule has 3 atom stereocenters. The van der Waals surface area contributed by atoms with Gasteiger partial charge < -0.3 is 33.1 Å². The first-order valence-corrected chi connectivity index (χ1v) is 20.1. The highest BCUT2D eigenvalue weighted by atomic mass is 32.2. The molecule has 0 radical (unpaired) electrons. The Morgan fingerprint density at radius 3 is 2.02 bits per heavy atom. The van der Waals surface area contributed by atoms with Gasteiger partial charge in [0.15, 0.2) is 34.5 Å². The average molecular weight is 776 g/mol. The fraction of sp³-hybridized carbons (Fsp3) is 0.333. The van der Waals surface area contributed by atoms with Crippen molar-refractivity contribution < 1.29 is 32.6 Å². The van der Waals surface area contributed by atoms with Gasteiger partial charge in [-0.2, -0.15) is 0 Å². The second kappa shape index (κ2) is 15.7. The quantitative estimate of drug-likeness (QED) is 0.175. The van der Waals surface area contributed by atoms with E-state index >= 15 is 0 Å². The molecular weight excluding hydrogens is 727 g/mol. The van der Waals surface area contributed by atoms with Gasteiger partial charge in [-0.3, -0.25) is 9.80 Å². The van der Waals surface area contributed by atoms with Gasteiger partial charge in [-0.1, -0.05) is 29.8 Å². The smallest absolute Gasteiger partial charge is 0.204 e. The molecule has 0 spiro atoms. The molecule has 0 saturated carbocycles. The largest absolute Gasteiger partial charge is 0.493 e. The molecular formula is C45H49N3O7S. The van der Waals surface area contributed by atoms with Gasteiger partial charge in [0.2, 0.25) is 5.75 Å². The highest BCUT2D eigenvalue weighted by Crippen LogP contribution is 2.52. The molecule has 0 fully saturated rings. The molecule has 10 nitrogen and oxygen atoms in total. The number of nitrogens with zero attached hydrogens (tertiary/aromatic N) is 2. The molecule has 1 unspecified atom stereocenters. The Morgan fingerprint density at radius 1 is 0.679 bits per heavy atom. The number of hydrogen-bond acceptors (Lipinski definition) is 9. The van der Waals surface area contributed by atoms with E-state index in [0.717, 1.165) is 54.6 Å². The molecule has 56 heavy (non-hydrogen) atoms. The van der Waals surface area contributed by atoms with Crippen LogP contribution in [0.2, 0.25) is 0 Å². The molecule has 0 aromatic heterocycles. The number of rotatable bonds is 7. The second-order valence-corrected chi connectivity index (χ2v) is 16.0. The average Bonchev–Trinajstić information content (AvgIpc) is 3.20. The topological polar surface area (TPSA) is 91.0 Å². The summed E-state index contributed by atoms with van der Waals surface area (Å²) in [5.74, 6) is 4.72. The Kier molecular flexibility index (Phi) is 10.6. The lowest BCUT2D eigenvalue weighted by molar-refractivity contribution is 0.220. The molecule has 9 rings (SSSR count). The van der Waals surface area contributed by atoms with E-state index in [1.165, 1.54) is 16.7 Å². The minimum absolute atomic E-state index is 0.116. The number of ether oxygens (including phenoxy) is 6. The summed E-state index contributed by atoms with van der Waals surface area (Å²) in [6.45, 7) is 3.74. The van der Waals surface area contributed by atoms with Crippen molar-refractivity contribution >= 4 is 16.7 Å². The van der Waals surface area contributed by atoms with E-state index in [9.17, 15) is 4.21 Å². The highest BCUT2D eigenvalue weighted by molar-refractivity contribution is 7.86. The lowest BCUT2D eigenvalue weighted by atomic mass is 9.87. The SMILES string of the molecule is COc1cc(NS(=O)c2ccc(C)cc2)c2cc1Oc1ccc(cc1)C[C@H]1c3cc(c(OC)cc3CCN1C)Oc1c(OC)c(OC)cc3c1[C@H](C2)N(C)CC3. The first kappa shape index (κ1) is 37.7. The Hall–Kier alpha value is -5.23. The molecule has 5 aromatic rings. The van der Waals surface area contributed by atoms with Crippen LogP contribution in [0.3, 0.4) is 0 Å². The molecule has 6 bridgehead atoms. The minimum Gasteiger partial charge on any atom is -0.493 e. The van der Waals surface area contributed by atoms with Crippen LogP contribution < -0.4 is 33.1 Å². The van der Waals surface area contributed by atoms with Crippen LogP contribution in [-0.4, -0.2) is 69.6 Å². The maximum absolute atomic E-state index is 13.9. The standard InChI is InChI=1S/C45H49N3O7S/c1-27-8-14-33(15-9-27)56(49)46-35-26-39(51-5)40-24-31(35)21-37-43-30(17-19-48(37)3)23-42(52-6)44(53-7)45(43)55-41-25-34-29(22-38(41)50-4)16-18-47(2)36(34)20-28-10-12-32(54-40)13-11-28/h8-15,22-26,36-37,46H,16-21H2,1-7H3/t36-,37-,56?/m0/s1. The van der Waals surface area contributed by atoms with Crippen molar-refractivity contribution in [1.29, 1.82) is 0 Å². The van der Waals surface area contributed by atoms with Crippen molar-refractivity contribution in [2.75, 3.05) is 60.3 Å². The summed E-state index contributed by atoms with van der Waals surface area (Å²) < 4.78 is 55.0. The van der Waals surface area contributed by atoms with Gasteiger partial charge in [0.05, 0.1) is 39.0 Å². The fourth-order valence-corrected chi connectivity index (χ4v) is 9.15. The van der Waals surface area contributed by atoms with E-state index in [-0.39, 0.29) is 12.1 Å². The van der Waals surface area contributed by atoms with Crippen LogP contribution in [0.1, 0.15) is 51.0 Å². The third-order valence-electron chi connectivity index (χ3n) is 11.4. The van der Waals surface area contributed by atoms with E-state index in [4.69, 9.17) is 28.4 Å². The van der Waals surface area contributed by atoms with Gasteiger partial charge in [0.25, 0.3) is 0 Å². The van der Waals surface area contributed by atoms with Crippen LogP contribution in [0.15, 0.2) is 83.8 Å². The lowest BCUT2D eigenvalue weighted by Crippen LogP contribution is -2.34. The zero-order chi connectivity index (χ0) is 39.1. The summed E-state index contributed by atoms with van der Waals surface area (Å²) in [5, 5.41) is 0. The number of anilines is 1. The normalized spacial score (nSPS) is 18.3. The molecule has 4 heterocycles. The van der Waals surface area contributed by atoms with Crippen molar-refractivity contribution in [2.24, 2.45) is 0 Å². The zero-order valence-electron chi connectivity index (χ0n) is 33.1. The third kappa shape index (κ3) is 7.15. The minimum atomic E-state index is -1.55. The summed E-state index contributed by atoms with van der Waals surface area (Å²) in [4.78, 5) is 5.41. The maximum Gasteiger partial charge on any atom is 0.204 e. The van der Waals surface area contributed by atoms with Gasteiger partial charge in [-0.25, -0.2) is 4.21 Å². The number of benzene rings is 5. The lowest BCUT2D eigenvalue weighted by Gasteiger charge is -2.37. The number of likely N-dealkylation sites (N-methyl/N-ethyl adjacent to an activating group) is 2. The van der Waals surface area contributed by atoms with Crippen molar-refractivity contribution in [2.45, 2.75) is 49.6 Å². The molecule has 0 amide bonds. The molecule has 292 valence electrons. The summed E-state index contributed by atoms with van der Waals surface area (Å²) in [6.07, 6.45) is 2.99. The van der Waals surface area contributed by atoms with Gasteiger partial charge in [-0.15, -0.1) is 0 Å². The number of methoxy groups -OCH3 is 4. The van der Waals surface area contributed by atoms with E-state index in [1.807, 2.05) is 55.5 Å². The maximum atomic E-state index is 13.9. The summed E-state index contributed by atoms with van der Waals surface area (Å²) in [6, 6.07) is 26.1. The Morgan fingerprint density at radius 2 is 1.32 bits per heavy atom. The number of hydrogen-bond donors (Lipinski definition) is 1. The van der Waals surface area contributed by atoms with Crippen LogP contribution in [0.25, 0.3) is 0 Å². The van der Waals surface area contributed by atoms with E-state index in [0.29, 0.717) is 63.0 Å². The highest BCUT2D eigenvalue weighted by Gasteiger charge is 2.35. The number of aryl methyl sites for hydroxylation is 1.